The van der Waals surface area contributed by atoms with Crippen LogP contribution in [0, 0.1) is 0 Å². The predicted octanol–water partition coefficient (Wildman–Crippen LogP) is 36.2. The van der Waals surface area contributed by atoms with E-state index >= 15 is 0 Å². The van der Waals surface area contributed by atoms with Gasteiger partial charge in [-0.15, -0.1) is 0 Å². The summed E-state index contributed by atoms with van der Waals surface area (Å²) in [5, 5.41) is 0. The minimum Gasteiger partial charge on any atom is -0.497 e. The van der Waals surface area contributed by atoms with E-state index in [-0.39, 0.29) is 44.6 Å². The lowest BCUT2D eigenvalue weighted by atomic mass is 10.1. The molecule has 0 aliphatic heterocycles. The molecule has 12 aromatic carbocycles. The molecular weight excluding hydrogens is 1630 g/mol. The summed E-state index contributed by atoms with van der Waals surface area (Å²) in [4.78, 5) is 0. The molecule has 12 heteroatoms. The molecule has 132 heavy (non-hydrogen) atoms. The van der Waals surface area contributed by atoms with E-state index in [1.807, 2.05) is 278 Å². The Labute approximate surface area is 816 Å². The van der Waals surface area contributed by atoms with Crippen molar-refractivity contribution in [2.45, 2.75) is 227 Å². The SMILES string of the molecule is C.C.C.C.C.C.CC.CC.CC.CCC.CCC.CCC.CCC.CCC.CCC.COC.COC.COC.COc1ccc(Cc2ccccc2)cc1.COc1ccc(Cc2ccccc2)cc1.COc1ccc(Cc2ccccc2)cc1.COc1ccccc1.COc1ccccc1.COc1ccccc1.COc1ccccc1.COc1ccccc1.COc1ccccc1. The molecule has 0 aromatic heterocycles. The van der Waals surface area contributed by atoms with Gasteiger partial charge in [0.15, 0.2) is 0 Å². The molecule has 0 atom stereocenters. The van der Waals surface area contributed by atoms with Crippen molar-refractivity contribution in [1.29, 1.82) is 0 Å². The van der Waals surface area contributed by atoms with Crippen LogP contribution < -0.4 is 42.6 Å². The summed E-state index contributed by atoms with van der Waals surface area (Å²) in [7, 11) is 24.8. The van der Waals surface area contributed by atoms with E-state index in [0.717, 1.165) is 71.0 Å². The monoisotopic (exact) mass is 1830 g/mol. The lowest BCUT2D eigenvalue weighted by molar-refractivity contribution is 0.277. The van der Waals surface area contributed by atoms with E-state index in [9.17, 15) is 0 Å². The van der Waals surface area contributed by atoms with Crippen LogP contribution in [0.2, 0.25) is 0 Å². The topological polar surface area (TPSA) is 111 Å². The zero-order chi connectivity index (χ0) is 96.8. The van der Waals surface area contributed by atoms with Gasteiger partial charge >= 0.3 is 0 Å². The van der Waals surface area contributed by atoms with Crippen molar-refractivity contribution in [2.24, 2.45) is 0 Å². The van der Waals surface area contributed by atoms with Crippen molar-refractivity contribution >= 4 is 0 Å². The second kappa shape index (κ2) is 135. The molecular formula is C120H198O12. The third-order valence-corrected chi connectivity index (χ3v) is 13.1. The maximum absolute atomic E-state index is 5.12. The lowest BCUT2D eigenvalue weighted by Crippen LogP contribution is -1.88. The van der Waals surface area contributed by atoms with Crippen LogP contribution in [0.3, 0.4) is 0 Å². The zero-order valence-electron chi connectivity index (χ0n) is 84.7. The Morgan fingerprint density at radius 2 is 0.205 bits per heavy atom. The molecule has 12 nitrogen and oxygen atoms in total. The van der Waals surface area contributed by atoms with Gasteiger partial charge in [0.1, 0.15) is 51.7 Å². The van der Waals surface area contributed by atoms with Gasteiger partial charge in [0.2, 0.25) is 0 Å². The van der Waals surface area contributed by atoms with Crippen LogP contribution in [0.15, 0.2) is 346 Å². The highest BCUT2D eigenvalue weighted by Gasteiger charge is 1.99. The highest BCUT2D eigenvalue weighted by molar-refractivity contribution is 5.35. The maximum atomic E-state index is 5.12. The molecule has 12 rings (SSSR count). The molecule has 0 fully saturated rings. The van der Waals surface area contributed by atoms with E-state index in [0.29, 0.717) is 0 Å². The summed E-state index contributed by atoms with van der Waals surface area (Å²) < 4.78 is 57.6. The van der Waals surface area contributed by atoms with Gasteiger partial charge in [0.25, 0.3) is 0 Å². The van der Waals surface area contributed by atoms with E-state index in [4.69, 9.17) is 42.6 Å². The predicted molar refractivity (Wildman–Crippen MR) is 594 cm³/mol. The minimum atomic E-state index is 0. The number of ether oxygens (including phenoxy) is 12. The minimum absolute atomic E-state index is 0. The lowest BCUT2D eigenvalue weighted by Gasteiger charge is -2.03. The summed E-state index contributed by atoms with van der Waals surface area (Å²) in [6.07, 6.45) is 10.4. The summed E-state index contributed by atoms with van der Waals surface area (Å²) >= 11 is 0. The molecule has 0 N–H and O–H groups in total. The molecule has 0 unspecified atom stereocenters. The highest BCUT2D eigenvalue weighted by Crippen LogP contribution is 2.18. The molecule has 0 aliphatic rings. The van der Waals surface area contributed by atoms with Gasteiger partial charge in [-0.25, -0.2) is 0 Å². The molecule has 0 amide bonds. The van der Waals surface area contributed by atoms with Gasteiger partial charge in [-0.2, -0.15) is 0 Å². The molecule has 12 aromatic rings. The van der Waals surface area contributed by atoms with Crippen molar-refractivity contribution in [3.05, 3.63) is 379 Å². The van der Waals surface area contributed by atoms with Crippen LogP contribution in [0.25, 0.3) is 0 Å². The zero-order valence-corrected chi connectivity index (χ0v) is 84.7. The first kappa shape index (κ1) is 155. The third-order valence-electron chi connectivity index (χ3n) is 13.1. The third kappa shape index (κ3) is 113. The molecule has 0 saturated heterocycles. The van der Waals surface area contributed by atoms with Gasteiger partial charge in [-0.1, -0.05) is 444 Å². The second-order valence-electron chi connectivity index (χ2n) is 25.1. The Balaban J connectivity index is -0.0000000864. The van der Waals surface area contributed by atoms with Crippen molar-refractivity contribution < 1.29 is 56.8 Å². The van der Waals surface area contributed by atoms with Gasteiger partial charge in [0.05, 0.1) is 64.0 Å². The number of para-hydroxylation sites is 6. The standard InChI is InChI=1S/3C14H14O.6C7H8O.6C3H8.3C2H6O.3C2H6.6CH4/c3*1-15-14-9-7-13(8-10-14)11-12-5-3-2-4-6-12;6*1-8-7-5-3-2-4-6-7;9*1-3-2;3*1-2;;;;;;/h3*2-10H,11H2,1H3;6*2-6H,1H3;6*3H2,1-2H3;3*1-2H3;3*1-2H3;6*1H4. The number of rotatable bonds is 15. The summed E-state index contributed by atoms with van der Waals surface area (Å²) in [6.45, 7) is 37.5. The number of hydrogen-bond donors (Lipinski definition) is 0. The fourth-order valence-electron chi connectivity index (χ4n) is 8.06. The van der Waals surface area contributed by atoms with Crippen LogP contribution in [-0.4, -0.2) is 107 Å². The van der Waals surface area contributed by atoms with Gasteiger partial charge in [0, 0.05) is 42.7 Å². The van der Waals surface area contributed by atoms with Crippen molar-refractivity contribution in [2.75, 3.05) is 107 Å². The highest BCUT2D eigenvalue weighted by atomic mass is 16.5. The average Bonchev–Trinajstić information content (AvgIpc) is 0.898. The van der Waals surface area contributed by atoms with Crippen LogP contribution in [0.4, 0.5) is 0 Å². The smallest absolute Gasteiger partial charge is 0.118 e. The Bertz CT molecular complexity index is 3240. The Morgan fingerprint density at radius 3 is 0.288 bits per heavy atom. The quantitative estimate of drug-likeness (QED) is 0.0974. The summed E-state index contributed by atoms with van der Waals surface area (Å²) in [5.41, 5.74) is 7.93. The molecule has 0 bridgehead atoms. The molecule has 0 saturated carbocycles. The van der Waals surface area contributed by atoms with Crippen LogP contribution in [0.1, 0.15) is 241 Å². The Morgan fingerprint density at radius 1 is 0.129 bits per heavy atom. The second-order valence-corrected chi connectivity index (χ2v) is 25.1. The number of methoxy groups -OCH3 is 12. The largest absolute Gasteiger partial charge is 0.497 e. The molecule has 0 radical (unpaired) electrons. The van der Waals surface area contributed by atoms with Crippen molar-refractivity contribution in [1.82, 2.24) is 0 Å². The van der Waals surface area contributed by atoms with Gasteiger partial charge in [-0.3, -0.25) is 0 Å². The molecule has 750 valence electrons. The summed E-state index contributed by atoms with van der Waals surface area (Å²) in [6, 6.07) is 114. The van der Waals surface area contributed by atoms with Crippen LogP contribution >= 0.6 is 0 Å². The fourth-order valence-corrected chi connectivity index (χ4v) is 8.06. The normalized spacial score (nSPS) is 7.89. The van der Waals surface area contributed by atoms with Gasteiger partial charge < -0.3 is 56.8 Å². The van der Waals surface area contributed by atoms with Crippen LogP contribution in [0.5, 0.6) is 51.7 Å². The maximum Gasteiger partial charge on any atom is 0.118 e. The first-order valence-electron chi connectivity index (χ1n) is 44.2. The van der Waals surface area contributed by atoms with E-state index in [1.54, 1.807) is 107 Å². The fraction of sp³-hybridized carbons (Fsp3) is 0.400. The Kier molecular flexibility index (Phi) is 159. The molecule has 0 aliphatic carbocycles. The first-order valence-corrected chi connectivity index (χ1v) is 44.2. The van der Waals surface area contributed by atoms with E-state index in [1.165, 1.54) is 71.9 Å². The summed E-state index contributed by atoms with van der Waals surface area (Å²) in [5.74, 6) is 8.19. The average molecular weight is 1830 g/mol. The molecule has 0 heterocycles. The van der Waals surface area contributed by atoms with Gasteiger partial charge in [-0.05, 0) is 162 Å². The Hall–Kier alpha value is -11.3. The van der Waals surface area contributed by atoms with Crippen molar-refractivity contribution in [3.63, 3.8) is 0 Å². The number of hydrogen-bond acceptors (Lipinski definition) is 12. The number of benzene rings is 12. The van der Waals surface area contributed by atoms with Crippen molar-refractivity contribution in [3.8, 4) is 51.7 Å². The molecule has 0 spiro atoms. The van der Waals surface area contributed by atoms with E-state index < -0.39 is 0 Å². The van der Waals surface area contributed by atoms with Crippen LogP contribution in [-0.2, 0) is 33.5 Å². The first-order chi connectivity index (χ1) is 61.5. The van der Waals surface area contributed by atoms with E-state index in [2.05, 4.69) is 206 Å².